The van der Waals surface area contributed by atoms with E-state index in [1.54, 1.807) is 0 Å². The van der Waals surface area contributed by atoms with Gasteiger partial charge in [-0.25, -0.2) is 4.98 Å². The second-order valence-electron chi connectivity index (χ2n) is 8.05. The maximum atomic E-state index is 5.49. The molecule has 2 N–H and O–H groups in total. The molecule has 1 saturated heterocycles. The molecule has 3 heterocycles. The Bertz CT molecular complexity index is 1380. The Morgan fingerprint density at radius 2 is 1.50 bits per heavy atom. The number of nitrogens with one attached hydrogen (secondary N) is 2. The summed E-state index contributed by atoms with van der Waals surface area (Å²) in [4.78, 5) is 24.3. The Morgan fingerprint density at radius 3 is 2.29 bits per heavy atom. The number of anilines is 3. The lowest BCUT2D eigenvalue weighted by Gasteiger charge is -2.27. The zero-order valence-corrected chi connectivity index (χ0v) is 18.5. The smallest absolute Gasteiger partial charge is 0.232 e. The molecule has 6 rings (SSSR count). The number of imidazole rings is 1. The average Bonchev–Trinajstić information content (AvgIpc) is 3.34. The number of aromatic nitrogens is 5. The lowest BCUT2D eigenvalue weighted by Crippen LogP contribution is -2.37. The number of rotatable bonds is 5. The van der Waals surface area contributed by atoms with Crippen molar-refractivity contribution in [2.24, 2.45) is 0 Å². The van der Waals surface area contributed by atoms with Gasteiger partial charge in [-0.3, -0.25) is 0 Å². The van der Waals surface area contributed by atoms with Crippen molar-refractivity contribution >= 4 is 28.6 Å². The Labute approximate surface area is 196 Å². The molecule has 0 aliphatic carbocycles. The Morgan fingerprint density at radius 1 is 0.735 bits per heavy atom. The molecule has 1 aliphatic rings. The molecular weight excluding hydrogens is 426 g/mol. The van der Waals surface area contributed by atoms with Crippen molar-refractivity contribution in [2.45, 2.75) is 0 Å². The van der Waals surface area contributed by atoms with Gasteiger partial charge in [0.05, 0.1) is 24.2 Å². The summed E-state index contributed by atoms with van der Waals surface area (Å²) in [5.41, 5.74) is 4.82. The highest BCUT2D eigenvalue weighted by Gasteiger charge is 2.17. The zero-order chi connectivity index (χ0) is 22.7. The molecule has 0 unspecified atom stereocenters. The molecule has 8 heteroatoms. The molecule has 168 valence electrons. The fourth-order valence-electron chi connectivity index (χ4n) is 3.97. The number of nitrogens with zero attached hydrogens (tertiary/aromatic N) is 5. The van der Waals surface area contributed by atoms with Crippen LogP contribution in [0.3, 0.4) is 0 Å². The van der Waals surface area contributed by atoms with Gasteiger partial charge < -0.3 is 19.9 Å². The lowest BCUT2D eigenvalue weighted by molar-refractivity contribution is 0.122. The highest BCUT2D eigenvalue weighted by atomic mass is 16.5. The minimum atomic E-state index is 0.506. The fraction of sp³-hybridized carbons (Fsp3) is 0.154. The van der Waals surface area contributed by atoms with Gasteiger partial charge in [0, 0.05) is 29.9 Å². The summed E-state index contributed by atoms with van der Waals surface area (Å²) in [5.74, 6) is 2.64. The van der Waals surface area contributed by atoms with Crippen molar-refractivity contribution in [3.8, 4) is 22.8 Å². The summed E-state index contributed by atoms with van der Waals surface area (Å²) in [6.45, 7) is 2.84. The van der Waals surface area contributed by atoms with Gasteiger partial charge in [0.25, 0.3) is 0 Å². The van der Waals surface area contributed by atoms with Crippen molar-refractivity contribution < 1.29 is 4.74 Å². The first-order valence-corrected chi connectivity index (χ1v) is 11.3. The largest absolute Gasteiger partial charge is 0.378 e. The summed E-state index contributed by atoms with van der Waals surface area (Å²) < 4.78 is 5.49. The Balaban J connectivity index is 1.29. The van der Waals surface area contributed by atoms with Crippen molar-refractivity contribution in [2.75, 3.05) is 36.5 Å². The summed E-state index contributed by atoms with van der Waals surface area (Å²) in [5, 5.41) is 3.35. The first-order chi connectivity index (χ1) is 16.8. The first-order valence-electron chi connectivity index (χ1n) is 11.3. The normalized spacial score (nSPS) is 13.8. The number of fused-ring (bicyclic) bond motifs is 1. The molecule has 0 amide bonds. The van der Waals surface area contributed by atoms with Gasteiger partial charge in [-0.1, -0.05) is 42.5 Å². The quantitative estimate of drug-likeness (QED) is 0.403. The van der Waals surface area contributed by atoms with Crippen LogP contribution in [0.25, 0.3) is 33.8 Å². The molecule has 8 nitrogen and oxygen atoms in total. The van der Waals surface area contributed by atoms with E-state index in [0.717, 1.165) is 46.8 Å². The van der Waals surface area contributed by atoms with E-state index < -0.39 is 0 Å². The van der Waals surface area contributed by atoms with Crippen LogP contribution >= 0.6 is 0 Å². The van der Waals surface area contributed by atoms with Crippen molar-refractivity contribution in [3.05, 3.63) is 78.9 Å². The van der Waals surface area contributed by atoms with Crippen LogP contribution in [-0.4, -0.2) is 51.2 Å². The molecule has 0 spiro atoms. The van der Waals surface area contributed by atoms with Gasteiger partial charge >= 0.3 is 0 Å². The lowest BCUT2D eigenvalue weighted by atomic mass is 10.2. The van der Waals surface area contributed by atoms with Crippen LogP contribution in [0, 0.1) is 0 Å². The van der Waals surface area contributed by atoms with E-state index in [1.807, 2.05) is 78.9 Å². The van der Waals surface area contributed by atoms with Crippen LogP contribution in [-0.2, 0) is 4.74 Å². The van der Waals surface area contributed by atoms with Crippen LogP contribution in [0.1, 0.15) is 0 Å². The molecular formula is C26H23N7O. The van der Waals surface area contributed by atoms with Crippen LogP contribution in [0.5, 0.6) is 0 Å². The summed E-state index contributed by atoms with van der Waals surface area (Å²) in [6, 6.07) is 26.0. The number of benzene rings is 3. The standard InChI is InChI=1S/C26H23N7O/c1-2-6-18(7-3-1)24-30-25(32-26(31-24)33-14-16-34-17-15-33)27-20-12-10-19(11-13-20)23-28-21-8-4-5-9-22(21)29-23/h1-13H,14-17H2,(H,28,29)(H,27,30,31,32). The minimum Gasteiger partial charge on any atom is -0.378 e. The van der Waals surface area contributed by atoms with Crippen LogP contribution < -0.4 is 10.2 Å². The molecule has 0 radical (unpaired) electrons. The maximum absolute atomic E-state index is 5.49. The molecule has 0 saturated carbocycles. The van der Waals surface area contributed by atoms with E-state index in [4.69, 9.17) is 19.7 Å². The van der Waals surface area contributed by atoms with Crippen LogP contribution in [0.15, 0.2) is 78.9 Å². The third-order valence-electron chi connectivity index (χ3n) is 5.75. The number of hydrogen-bond acceptors (Lipinski definition) is 7. The van der Waals surface area contributed by atoms with E-state index >= 15 is 0 Å². The number of aromatic amines is 1. The number of hydrogen-bond donors (Lipinski definition) is 2. The Hall–Kier alpha value is -4.30. The zero-order valence-electron chi connectivity index (χ0n) is 18.5. The van der Waals surface area contributed by atoms with E-state index in [0.29, 0.717) is 30.9 Å². The number of ether oxygens (including phenoxy) is 1. The number of morpholine rings is 1. The summed E-state index contributed by atoms with van der Waals surface area (Å²) >= 11 is 0. The molecule has 5 aromatic rings. The third kappa shape index (κ3) is 4.18. The SMILES string of the molecule is c1ccc(-c2nc(Nc3ccc(-c4nc5ccccc5[nH]4)cc3)nc(N3CCOCC3)n2)cc1. The van der Waals surface area contributed by atoms with E-state index in [9.17, 15) is 0 Å². The van der Waals surface area contributed by atoms with Gasteiger partial charge in [-0.05, 0) is 36.4 Å². The second-order valence-corrected chi connectivity index (χ2v) is 8.05. The molecule has 3 aromatic carbocycles. The predicted molar refractivity (Wildman–Crippen MR) is 133 cm³/mol. The molecule has 0 atom stereocenters. The van der Waals surface area contributed by atoms with Crippen LogP contribution in [0.2, 0.25) is 0 Å². The van der Waals surface area contributed by atoms with Gasteiger partial charge in [0.15, 0.2) is 5.82 Å². The maximum Gasteiger partial charge on any atom is 0.232 e. The van der Waals surface area contributed by atoms with Crippen molar-refractivity contribution in [3.63, 3.8) is 0 Å². The molecule has 0 bridgehead atoms. The van der Waals surface area contributed by atoms with E-state index in [-0.39, 0.29) is 0 Å². The fourth-order valence-corrected chi connectivity index (χ4v) is 3.97. The van der Waals surface area contributed by atoms with Crippen LogP contribution in [0.4, 0.5) is 17.6 Å². The first kappa shape index (κ1) is 20.3. The molecule has 1 fully saturated rings. The van der Waals surface area contributed by atoms with E-state index in [2.05, 4.69) is 20.2 Å². The third-order valence-corrected chi connectivity index (χ3v) is 5.75. The van der Waals surface area contributed by atoms with Gasteiger partial charge in [0.1, 0.15) is 5.82 Å². The minimum absolute atomic E-state index is 0.506. The highest BCUT2D eigenvalue weighted by molar-refractivity contribution is 5.79. The monoisotopic (exact) mass is 449 g/mol. The van der Waals surface area contributed by atoms with Crippen molar-refractivity contribution in [1.29, 1.82) is 0 Å². The molecule has 34 heavy (non-hydrogen) atoms. The topological polar surface area (TPSA) is 91.9 Å². The summed E-state index contributed by atoms with van der Waals surface area (Å²) in [7, 11) is 0. The van der Waals surface area contributed by atoms with Gasteiger partial charge in [-0.15, -0.1) is 0 Å². The number of H-pyrrole nitrogens is 1. The van der Waals surface area contributed by atoms with Gasteiger partial charge in [0.2, 0.25) is 11.9 Å². The van der Waals surface area contributed by atoms with E-state index in [1.165, 1.54) is 0 Å². The van der Waals surface area contributed by atoms with Crippen molar-refractivity contribution in [1.82, 2.24) is 24.9 Å². The summed E-state index contributed by atoms with van der Waals surface area (Å²) in [6.07, 6.45) is 0. The average molecular weight is 450 g/mol. The molecule has 2 aromatic heterocycles. The predicted octanol–water partition coefficient (Wildman–Crippen LogP) is 4.66. The second kappa shape index (κ2) is 8.92. The number of para-hydroxylation sites is 2. The highest BCUT2D eigenvalue weighted by Crippen LogP contribution is 2.25. The Kier molecular flexibility index (Phi) is 5.33. The van der Waals surface area contributed by atoms with Gasteiger partial charge in [-0.2, -0.15) is 15.0 Å². The molecule has 1 aliphatic heterocycles.